The molecular formula is C23H25F2N5O4S. The Morgan fingerprint density at radius 1 is 1.34 bits per heavy atom. The van der Waals surface area contributed by atoms with Gasteiger partial charge in [0.2, 0.25) is 0 Å². The van der Waals surface area contributed by atoms with Crippen molar-refractivity contribution in [3.8, 4) is 0 Å². The van der Waals surface area contributed by atoms with Crippen LogP contribution < -0.4 is 11.1 Å². The van der Waals surface area contributed by atoms with E-state index in [0.29, 0.717) is 24.6 Å². The molecule has 0 saturated carbocycles. The van der Waals surface area contributed by atoms with Crippen molar-refractivity contribution < 1.29 is 23.2 Å². The average molecular weight is 506 g/mol. The monoisotopic (exact) mass is 505 g/mol. The Bertz CT molecular complexity index is 1150. The highest BCUT2D eigenvalue weighted by Gasteiger charge is 2.49. The van der Waals surface area contributed by atoms with Crippen LogP contribution >= 0.6 is 11.8 Å². The first-order chi connectivity index (χ1) is 16.7. The second kappa shape index (κ2) is 11.3. The van der Waals surface area contributed by atoms with Gasteiger partial charge in [0.1, 0.15) is 27.7 Å². The normalized spacial score (nSPS) is 18.8. The molecule has 3 N–H and O–H groups in total. The molecule has 9 nitrogen and oxygen atoms in total. The third-order valence-electron chi connectivity index (χ3n) is 5.36. The number of nitrogens with zero attached hydrogens (tertiary/aromatic N) is 3. The minimum Gasteiger partial charge on any atom is -0.380 e. The van der Waals surface area contributed by atoms with Gasteiger partial charge in [-0.25, -0.2) is 13.8 Å². The van der Waals surface area contributed by atoms with E-state index in [1.54, 1.807) is 19.1 Å². The molecule has 12 heteroatoms. The Labute approximate surface area is 205 Å². The van der Waals surface area contributed by atoms with E-state index < -0.39 is 33.4 Å². The van der Waals surface area contributed by atoms with Crippen molar-refractivity contribution in [2.45, 2.75) is 30.7 Å². The molecule has 3 rings (SSSR count). The number of hydrogen-bond donors (Lipinski definition) is 2. The molecule has 0 saturated heterocycles. The van der Waals surface area contributed by atoms with Crippen LogP contribution in [0.2, 0.25) is 0 Å². The summed E-state index contributed by atoms with van der Waals surface area (Å²) < 4.78 is 33.8. The third-order valence-corrected chi connectivity index (χ3v) is 6.80. The van der Waals surface area contributed by atoms with Crippen molar-refractivity contribution in [2.75, 3.05) is 13.7 Å². The maximum absolute atomic E-state index is 14.7. The van der Waals surface area contributed by atoms with Crippen LogP contribution in [0.15, 0.2) is 65.7 Å². The number of nitrogens with two attached hydrogens (primary N) is 1. The van der Waals surface area contributed by atoms with Gasteiger partial charge in [-0.1, -0.05) is 42.1 Å². The average Bonchev–Trinajstić information content (AvgIpc) is 3.23. The lowest BCUT2D eigenvalue weighted by atomic mass is 9.99. The van der Waals surface area contributed by atoms with E-state index in [2.05, 4.69) is 10.4 Å². The number of amides is 1. The lowest BCUT2D eigenvalue weighted by Crippen LogP contribution is -2.46. The zero-order valence-electron chi connectivity index (χ0n) is 19.1. The summed E-state index contributed by atoms with van der Waals surface area (Å²) in [7, 11) is 1.39. The van der Waals surface area contributed by atoms with Gasteiger partial charge >= 0.3 is 0 Å². The molecule has 1 amide bonds. The molecular weight excluding hydrogens is 480 g/mol. The van der Waals surface area contributed by atoms with Crippen molar-refractivity contribution in [3.63, 3.8) is 0 Å². The van der Waals surface area contributed by atoms with Crippen LogP contribution in [0.1, 0.15) is 30.9 Å². The Morgan fingerprint density at radius 2 is 2.06 bits per heavy atom. The first kappa shape index (κ1) is 26.1. The number of methoxy groups -OCH3 is 1. The molecule has 0 aromatic heterocycles. The first-order valence-electron chi connectivity index (χ1n) is 10.7. The lowest BCUT2D eigenvalue weighted by molar-refractivity contribution is -0.403. The second-order valence-corrected chi connectivity index (χ2v) is 8.98. The van der Waals surface area contributed by atoms with Crippen LogP contribution in [-0.2, 0) is 14.4 Å². The smallest absolute Gasteiger partial charge is 0.273 e. The number of carbonyl (C=O) groups excluding carboxylic acids is 1. The Kier molecular flexibility index (Phi) is 8.41. The fourth-order valence-corrected chi connectivity index (χ4v) is 4.99. The highest BCUT2D eigenvalue weighted by atomic mass is 32.2. The van der Waals surface area contributed by atoms with Gasteiger partial charge < -0.3 is 15.8 Å². The topological polar surface area (TPSA) is 123 Å². The number of nitro groups is 1. The molecule has 0 radical (unpaired) electrons. The molecule has 2 atom stereocenters. The predicted molar refractivity (Wildman–Crippen MR) is 128 cm³/mol. The van der Waals surface area contributed by atoms with E-state index in [-0.39, 0.29) is 23.0 Å². The summed E-state index contributed by atoms with van der Waals surface area (Å²) in [6, 6.07) is 12.1. The van der Waals surface area contributed by atoms with Crippen molar-refractivity contribution >= 4 is 22.7 Å². The molecule has 0 aliphatic carbocycles. The van der Waals surface area contributed by atoms with Crippen LogP contribution in [0.3, 0.4) is 0 Å². The third kappa shape index (κ3) is 5.95. The molecule has 2 aromatic carbocycles. The first-order valence-corrected chi connectivity index (χ1v) is 11.5. The Morgan fingerprint density at radius 3 is 2.71 bits per heavy atom. The highest BCUT2D eigenvalue weighted by molar-refractivity contribution is 8.15. The number of carbonyl (C=O) groups is 1. The van der Waals surface area contributed by atoms with Crippen molar-refractivity contribution in [2.24, 2.45) is 10.8 Å². The maximum atomic E-state index is 14.7. The summed E-state index contributed by atoms with van der Waals surface area (Å²) in [5.41, 5.74) is 6.25. The molecule has 1 heterocycles. The van der Waals surface area contributed by atoms with Crippen LogP contribution in [0.4, 0.5) is 8.78 Å². The number of thioether (sulfide) groups is 1. The van der Waals surface area contributed by atoms with Gasteiger partial charge in [0.15, 0.2) is 5.82 Å². The summed E-state index contributed by atoms with van der Waals surface area (Å²) in [5.74, 6) is -1.88. The number of ether oxygens (including phenoxy) is 1. The van der Waals surface area contributed by atoms with Crippen molar-refractivity contribution in [1.29, 1.82) is 0 Å². The molecule has 1 aliphatic heterocycles. The predicted octanol–water partition coefficient (Wildman–Crippen LogP) is 3.49. The van der Waals surface area contributed by atoms with Crippen LogP contribution in [0.25, 0.3) is 0 Å². The highest BCUT2D eigenvalue weighted by Crippen LogP contribution is 2.50. The summed E-state index contributed by atoms with van der Waals surface area (Å²) in [5, 5.41) is 19.2. The zero-order chi connectivity index (χ0) is 25.6. The number of nitrogens with one attached hydrogen (secondary N) is 1. The molecule has 186 valence electrons. The zero-order valence-corrected chi connectivity index (χ0v) is 19.9. The molecule has 0 fully saturated rings. The van der Waals surface area contributed by atoms with Gasteiger partial charge in [0.25, 0.3) is 12.1 Å². The van der Waals surface area contributed by atoms with E-state index in [0.717, 1.165) is 30.0 Å². The van der Waals surface area contributed by atoms with Gasteiger partial charge in [-0.05, 0) is 43.5 Å². The Balaban J connectivity index is 2.01. The van der Waals surface area contributed by atoms with Crippen LogP contribution in [0.5, 0.6) is 0 Å². The molecule has 0 bridgehead atoms. The Hall–Kier alpha value is -3.51. The number of halogens is 2. The summed E-state index contributed by atoms with van der Waals surface area (Å²) in [4.78, 5) is 22.2. The van der Waals surface area contributed by atoms with E-state index in [9.17, 15) is 23.7 Å². The van der Waals surface area contributed by atoms with Gasteiger partial charge in [0, 0.05) is 19.2 Å². The fraction of sp³-hybridized carbons (Fsp3) is 0.304. The summed E-state index contributed by atoms with van der Waals surface area (Å²) >= 11 is 1.13. The number of rotatable bonds is 10. The van der Waals surface area contributed by atoms with E-state index in [4.69, 9.17) is 10.5 Å². The molecule has 1 aliphatic rings. The van der Waals surface area contributed by atoms with E-state index >= 15 is 0 Å². The molecule has 1 unspecified atom stereocenters. The summed E-state index contributed by atoms with van der Waals surface area (Å²) in [6.45, 7) is 1.83. The standard InChI is InChI=1S/C23H25F2N5O4S/c1-15(34-2)22(31)30-23(16-7-4-3-5-8-16,11-6-12-27-20(26)14-29(32)33)35-21(28-30)18-13-17(24)9-10-19(18)25/h3-5,7-10,13-15,27H,6,11-12,26H2,1-2H3/b20-14-/t15-,23?/m0/s1. The molecule has 35 heavy (non-hydrogen) atoms. The lowest BCUT2D eigenvalue weighted by Gasteiger charge is -2.37. The van der Waals surface area contributed by atoms with Crippen molar-refractivity contribution in [1.82, 2.24) is 10.3 Å². The van der Waals surface area contributed by atoms with E-state index in [1.165, 1.54) is 12.1 Å². The minimum atomic E-state index is -1.11. The minimum absolute atomic E-state index is 0.0630. The van der Waals surface area contributed by atoms with E-state index in [1.807, 2.05) is 18.2 Å². The largest absolute Gasteiger partial charge is 0.380 e. The molecule has 2 aromatic rings. The summed E-state index contributed by atoms with van der Waals surface area (Å²) in [6.07, 6.45) is 0.526. The SMILES string of the molecule is CO[C@@H](C)C(=O)N1N=C(c2cc(F)ccc2F)SC1(CCCN/C(N)=C\[N+](=O)[O-])c1ccccc1. The van der Waals surface area contributed by atoms with Gasteiger partial charge in [-0.15, -0.1) is 0 Å². The van der Waals surface area contributed by atoms with Crippen molar-refractivity contribution in [3.05, 3.63) is 93.4 Å². The van der Waals surface area contributed by atoms with Gasteiger partial charge in [-0.3, -0.25) is 14.9 Å². The van der Waals surface area contributed by atoms with Gasteiger partial charge in [-0.2, -0.15) is 5.10 Å². The quantitative estimate of drug-likeness (QED) is 0.288. The molecule has 0 spiro atoms. The fourth-order valence-electron chi connectivity index (χ4n) is 3.57. The number of hydrogen-bond acceptors (Lipinski definition) is 8. The second-order valence-electron chi connectivity index (χ2n) is 7.71. The maximum Gasteiger partial charge on any atom is 0.273 e. The van der Waals surface area contributed by atoms with Crippen LogP contribution in [-0.4, -0.2) is 40.6 Å². The number of hydrazone groups is 1. The van der Waals surface area contributed by atoms with Gasteiger partial charge in [0.05, 0.1) is 4.92 Å². The van der Waals surface area contributed by atoms with Crippen LogP contribution in [0, 0.1) is 21.7 Å². The number of benzene rings is 2.